The molecule has 2 N–H and O–H groups in total. The van der Waals surface area contributed by atoms with Crippen molar-refractivity contribution in [2.24, 2.45) is 0 Å². The summed E-state index contributed by atoms with van der Waals surface area (Å²) in [5, 5.41) is 11.5. The molecule has 2 aromatic rings. The van der Waals surface area contributed by atoms with Crippen molar-refractivity contribution in [1.82, 2.24) is 0 Å². The van der Waals surface area contributed by atoms with Crippen LogP contribution < -0.4 is 5.32 Å². The van der Waals surface area contributed by atoms with Gasteiger partial charge in [-0.1, -0.05) is 24.6 Å². The molecule has 0 aliphatic heterocycles. The molecule has 1 fully saturated rings. The maximum Gasteiger partial charge on any atom is 0.307 e. The molecule has 0 heterocycles. The van der Waals surface area contributed by atoms with E-state index in [0.717, 1.165) is 12.1 Å². The summed E-state index contributed by atoms with van der Waals surface area (Å²) < 4.78 is 28.4. The van der Waals surface area contributed by atoms with Crippen molar-refractivity contribution in [3.05, 3.63) is 65.2 Å². The van der Waals surface area contributed by atoms with Crippen molar-refractivity contribution in [3.63, 3.8) is 0 Å². The smallest absolute Gasteiger partial charge is 0.307 e. The second kappa shape index (κ2) is 6.63. The fraction of sp³-hybridized carbons (Fsp3) is 0.263. The van der Waals surface area contributed by atoms with E-state index in [-0.39, 0.29) is 12.0 Å². The largest absolute Gasteiger partial charge is 0.481 e. The quantitative estimate of drug-likeness (QED) is 0.869. The standard InChI is InChI=1S/C19H17F2NO3/c20-14-6-2-7-15(21)17(14)19(8-3-9-19)18(25)22-13-5-1-4-12(10-13)11-16(23)24/h1-2,4-7,10H,3,8-9,11H2,(H,22,25)(H,23,24). The summed E-state index contributed by atoms with van der Waals surface area (Å²) in [6.07, 6.45) is 1.27. The van der Waals surface area contributed by atoms with Crippen LogP contribution in [0.3, 0.4) is 0 Å². The molecule has 25 heavy (non-hydrogen) atoms. The zero-order valence-electron chi connectivity index (χ0n) is 13.4. The van der Waals surface area contributed by atoms with E-state index in [1.165, 1.54) is 6.07 Å². The minimum Gasteiger partial charge on any atom is -0.481 e. The summed E-state index contributed by atoms with van der Waals surface area (Å²) in [5.41, 5.74) is -0.477. The molecule has 1 aliphatic carbocycles. The highest BCUT2D eigenvalue weighted by Crippen LogP contribution is 2.46. The summed E-state index contributed by atoms with van der Waals surface area (Å²) in [7, 11) is 0. The van der Waals surface area contributed by atoms with Gasteiger partial charge in [0.2, 0.25) is 5.91 Å². The number of carbonyl (C=O) groups is 2. The van der Waals surface area contributed by atoms with Crippen LogP contribution in [0.2, 0.25) is 0 Å². The molecule has 2 aromatic carbocycles. The van der Waals surface area contributed by atoms with Gasteiger partial charge in [-0.15, -0.1) is 0 Å². The Hall–Kier alpha value is -2.76. The van der Waals surface area contributed by atoms with Crippen LogP contribution >= 0.6 is 0 Å². The Morgan fingerprint density at radius 2 is 1.72 bits per heavy atom. The van der Waals surface area contributed by atoms with Gasteiger partial charge in [0.15, 0.2) is 0 Å². The molecule has 0 unspecified atom stereocenters. The molecular weight excluding hydrogens is 328 g/mol. The van der Waals surface area contributed by atoms with E-state index in [1.807, 2.05) is 0 Å². The van der Waals surface area contributed by atoms with E-state index in [0.29, 0.717) is 30.5 Å². The number of carboxylic acid groups (broad SMARTS) is 1. The number of rotatable bonds is 5. The van der Waals surface area contributed by atoms with Crippen molar-refractivity contribution in [2.75, 3.05) is 5.32 Å². The van der Waals surface area contributed by atoms with Crippen LogP contribution in [0.25, 0.3) is 0 Å². The lowest BCUT2D eigenvalue weighted by Gasteiger charge is -2.40. The molecule has 1 aliphatic rings. The van der Waals surface area contributed by atoms with Crippen LogP contribution in [0.4, 0.5) is 14.5 Å². The van der Waals surface area contributed by atoms with Gasteiger partial charge in [-0.3, -0.25) is 9.59 Å². The first-order valence-electron chi connectivity index (χ1n) is 7.99. The maximum atomic E-state index is 14.2. The van der Waals surface area contributed by atoms with Crippen LogP contribution in [-0.2, 0) is 21.4 Å². The van der Waals surface area contributed by atoms with Gasteiger partial charge in [0, 0.05) is 11.3 Å². The van der Waals surface area contributed by atoms with Gasteiger partial charge in [0.25, 0.3) is 0 Å². The van der Waals surface area contributed by atoms with Crippen LogP contribution in [-0.4, -0.2) is 17.0 Å². The van der Waals surface area contributed by atoms with Gasteiger partial charge in [-0.25, -0.2) is 8.78 Å². The van der Waals surface area contributed by atoms with Gasteiger partial charge in [0.1, 0.15) is 11.6 Å². The first-order valence-corrected chi connectivity index (χ1v) is 7.99. The predicted molar refractivity (Wildman–Crippen MR) is 88.3 cm³/mol. The van der Waals surface area contributed by atoms with Crippen LogP contribution in [0.15, 0.2) is 42.5 Å². The third-order valence-corrected chi connectivity index (χ3v) is 4.62. The molecule has 3 rings (SSSR count). The fourth-order valence-electron chi connectivity index (χ4n) is 3.26. The molecule has 1 saturated carbocycles. The number of benzene rings is 2. The number of anilines is 1. The molecule has 0 saturated heterocycles. The van der Waals surface area contributed by atoms with Crippen molar-refractivity contribution < 1.29 is 23.5 Å². The number of carbonyl (C=O) groups excluding carboxylic acids is 1. The first-order chi connectivity index (χ1) is 11.9. The van der Waals surface area contributed by atoms with Crippen LogP contribution in [0.5, 0.6) is 0 Å². The lowest BCUT2D eigenvalue weighted by molar-refractivity contribution is -0.136. The number of halogens is 2. The van der Waals surface area contributed by atoms with Gasteiger partial charge in [-0.2, -0.15) is 0 Å². The highest BCUT2D eigenvalue weighted by atomic mass is 19.1. The van der Waals surface area contributed by atoms with E-state index >= 15 is 0 Å². The SMILES string of the molecule is O=C(O)Cc1cccc(NC(=O)C2(c3c(F)cccc3F)CCC2)c1. The number of carboxylic acids is 1. The Bertz CT molecular complexity index is 811. The highest BCUT2D eigenvalue weighted by Gasteiger charge is 2.49. The Kier molecular flexibility index (Phi) is 4.53. The molecule has 0 radical (unpaired) electrons. The average molecular weight is 345 g/mol. The van der Waals surface area contributed by atoms with Crippen LogP contribution in [0.1, 0.15) is 30.4 Å². The molecule has 4 nitrogen and oxygen atoms in total. The monoisotopic (exact) mass is 345 g/mol. The second-order valence-electron chi connectivity index (χ2n) is 6.26. The number of hydrogen-bond acceptors (Lipinski definition) is 2. The summed E-state index contributed by atoms with van der Waals surface area (Å²) >= 11 is 0. The van der Waals surface area contributed by atoms with Crippen molar-refractivity contribution in [2.45, 2.75) is 31.1 Å². The lowest BCUT2D eigenvalue weighted by Crippen LogP contribution is -2.47. The van der Waals surface area contributed by atoms with E-state index in [9.17, 15) is 18.4 Å². The Balaban J connectivity index is 1.88. The third kappa shape index (κ3) is 3.24. The van der Waals surface area contributed by atoms with Crippen LogP contribution in [0, 0.1) is 11.6 Å². The van der Waals surface area contributed by atoms with Crippen molar-refractivity contribution in [3.8, 4) is 0 Å². The molecule has 1 amide bonds. The molecule has 130 valence electrons. The van der Waals surface area contributed by atoms with Gasteiger partial charge >= 0.3 is 5.97 Å². The summed E-state index contributed by atoms with van der Waals surface area (Å²) in [6, 6.07) is 10.0. The number of hydrogen-bond donors (Lipinski definition) is 2. The fourth-order valence-corrected chi connectivity index (χ4v) is 3.26. The van der Waals surface area contributed by atoms with Gasteiger partial charge < -0.3 is 10.4 Å². The van der Waals surface area contributed by atoms with Crippen molar-refractivity contribution >= 4 is 17.6 Å². The zero-order chi connectivity index (χ0) is 18.0. The molecule has 0 spiro atoms. The topological polar surface area (TPSA) is 66.4 Å². The van der Waals surface area contributed by atoms with Crippen molar-refractivity contribution in [1.29, 1.82) is 0 Å². The summed E-state index contributed by atoms with van der Waals surface area (Å²) in [5.74, 6) is -2.91. The second-order valence-corrected chi connectivity index (χ2v) is 6.26. The number of amides is 1. The van der Waals surface area contributed by atoms with Gasteiger partial charge in [-0.05, 0) is 42.7 Å². The maximum absolute atomic E-state index is 14.2. The Labute approximate surface area is 143 Å². The molecule has 0 bridgehead atoms. The predicted octanol–water partition coefficient (Wildman–Crippen LogP) is 3.65. The molecule has 6 heteroatoms. The van der Waals surface area contributed by atoms with E-state index in [2.05, 4.69) is 5.32 Å². The van der Waals surface area contributed by atoms with Gasteiger partial charge in [0.05, 0.1) is 11.8 Å². The Morgan fingerprint density at radius 1 is 1.08 bits per heavy atom. The molecule has 0 atom stereocenters. The number of nitrogens with one attached hydrogen (secondary N) is 1. The molecular formula is C19H17F2NO3. The lowest BCUT2D eigenvalue weighted by atomic mass is 9.63. The zero-order valence-corrected chi connectivity index (χ0v) is 13.4. The highest BCUT2D eigenvalue weighted by molar-refractivity contribution is 6.00. The third-order valence-electron chi connectivity index (χ3n) is 4.62. The first kappa shape index (κ1) is 17.1. The minimum atomic E-state index is -1.22. The minimum absolute atomic E-state index is 0.170. The van der Waals surface area contributed by atoms with E-state index in [1.54, 1.807) is 24.3 Å². The normalized spacial score (nSPS) is 15.3. The summed E-state index contributed by atoms with van der Waals surface area (Å²) in [4.78, 5) is 23.6. The summed E-state index contributed by atoms with van der Waals surface area (Å²) in [6.45, 7) is 0. The van der Waals surface area contributed by atoms with E-state index < -0.39 is 28.9 Å². The van der Waals surface area contributed by atoms with E-state index in [4.69, 9.17) is 5.11 Å². The average Bonchev–Trinajstić information content (AvgIpc) is 2.48. The molecule has 0 aromatic heterocycles. The Morgan fingerprint density at radius 3 is 2.28 bits per heavy atom. The number of aliphatic carboxylic acids is 1.